The van der Waals surface area contributed by atoms with Gasteiger partial charge in [0.1, 0.15) is 0 Å². The molecule has 0 aliphatic carbocycles. The van der Waals surface area contributed by atoms with E-state index in [-0.39, 0.29) is 5.78 Å². The molecule has 0 bridgehead atoms. The first kappa shape index (κ1) is 44.6. The van der Waals surface area contributed by atoms with Gasteiger partial charge >= 0.3 is 0 Å². The number of carbonyl (C=O) groups is 1. The Morgan fingerprint density at radius 3 is 1.44 bits per heavy atom. The Morgan fingerprint density at radius 1 is 0.500 bits per heavy atom. The van der Waals surface area contributed by atoms with Gasteiger partial charge < -0.3 is 5.11 Å². The molecule has 1 atom stereocenters. The molecule has 0 aromatic rings. The van der Waals surface area contributed by atoms with E-state index in [1.54, 1.807) is 0 Å². The van der Waals surface area contributed by atoms with E-state index in [0.29, 0.717) is 0 Å². The molecule has 2 heteroatoms. The molecule has 48 heavy (non-hydrogen) atoms. The molecule has 0 saturated carbocycles. The smallest absolute Gasteiger partial charge is 0.228 e. The predicted molar refractivity (Wildman–Crippen MR) is 210 cm³/mol. The third kappa shape index (κ3) is 38.8. The Hall–Kier alpha value is -3.43. The Labute approximate surface area is 297 Å². The molecule has 0 saturated heterocycles. The van der Waals surface area contributed by atoms with E-state index in [0.717, 1.165) is 64.2 Å². The zero-order chi connectivity index (χ0) is 34.9. The summed E-state index contributed by atoms with van der Waals surface area (Å²) in [6, 6.07) is 0. The molecule has 0 unspecified atom stereocenters. The van der Waals surface area contributed by atoms with E-state index in [1.807, 2.05) is 18.2 Å². The van der Waals surface area contributed by atoms with Crippen molar-refractivity contribution < 1.29 is 9.90 Å². The van der Waals surface area contributed by atoms with Crippen molar-refractivity contribution in [2.75, 3.05) is 0 Å². The number of hydrogen-bond acceptors (Lipinski definition) is 2. The number of terminal acetylenes is 2. The van der Waals surface area contributed by atoms with Crippen LogP contribution in [0.5, 0.6) is 0 Å². The van der Waals surface area contributed by atoms with Gasteiger partial charge in [0.05, 0.1) is 0 Å². The number of ketones is 1. The number of unbranched alkanes of at least 4 members (excludes halogenated alkanes) is 22. The molecule has 0 aromatic carbocycles. The standard InChI is InChI=1S/C46H66O2/c1-3-5-6-7-8-9-10-11-12-13-14-15-16-17-18-19-20-21-25-28-31-34-37-40-43-46(48)44-41-38-35-32-29-26-23-22-24-27-30-33-36-39-42-45(47)4-2/h1-2,5-6,21,23,25-26,34,37,39,42,46,48H,7-20,22,24,27-33,35-36,38H2/b6-5-,25-21-,26-23-,37-34+,42-39+/t46-/m0/s1. The number of hydrogen-bond donors (Lipinski definition) is 1. The van der Waals surface area contributed by atoms with Crippen LogP contribution in [0.3, 0.4) is 0 Å². The van der Waals surface area contributed by atoms with Crippen molar-refractivity contribution in [3.05, 3.63) is 60.8 Å². The molecule has 0 aromatic heterocycles. The van der Waals surface area contributed by atoms with E-state index in [1.165, 1.54) is 109 Å². The molecular weight excluding hydrogens is 585 g/mol. The highest BCUT2D eigenvalue weighted by molar-refractivity contribution is 6.03. The third-order valence-electron chi connectivity index (χ3n) is 8.02. The van der Waals surface area contributed by atoms with Gasteiger partial charge in [0, 0.05) is 6.42 Å². The van der Waals surface area contributed by atoms with Crippen molar-refractivity contribution in [1.82, 2.24) is 0 Å². The Morgan fingerprint density at radius 2 is 0.917 bits per heavy atom. The molecule has 0 radical (unpaired) electrons. The molecule has 0 rings (SSSR count). The lowest BCUT2D eigenvalue weighted by molar-refractivity contribution is -0.109. The lowest BCUT2D eigenvalue weighted by Crippen LogP contribution is -1.97. The average Bonchev–Trinajstić information content (AvgIpc) is 3.09. The quantitative estimate of drug-likeness (QED) is 0.0276. The highest BCUT2D eigenvalue weighted by atomic mass is 16.3. The summed E-state index contributed by atoms with van der Waals surface area (Å²) in [6.45, 7) is 0. The molecule has 0 fully saturated rings. The molecule has 0 spiro atoms. The topological polar surface area (TPSA) is 37.3 Å². The van der Waals surface area contributed by atoms with Gasteiger partial charge in [-0.1, -0.05) is 149 Å². The Bertz CT molecular complexity index is 1110. The summed E-state index contributed by atoms with van der Waals surface area (Å²) in [7, 11) is 0. The maximum absolute atomic E-state index is 11.0. The molecule has 262 valence electrons. The van der Waals surface area contributed by atoms with Gasteiger partial charge in [0.15, 0.2) is 6.10 Å². The number of aliphatic hydroxyl groups is 1. The van der Waals surface area contributed by atoms with Gasteiger partial charge in [0.2, 0.25) is 5.78 Å². The Balaban J connectivity index is 3.51. The number of allylic oxidation sites excluding steroid dienone is 10. The van der Waals surface area contributed by atoms with Gasteiger partial charge in [-0.2, -0.15) is 0 Å². The van der Waals surface area contributed by atoms with Crippen molar-refractivity contribution in [2.45, 2.75) is 173 Å². The van der Waals surface area contributed by atoms with Crippen LogP contribution in [0.4, 0.5) is 0 Å². The monoisotopic (exact) mass is 651 g/mol. The van der Waals surface area contributed by atoms with Crippen molar-refractivity contribution >= 4 is 5.78 Å². The Kier molecular flexibility index (Phi) is 36.9. The normalized spacial score (nSPS) is 12.0. The van der Waals surface area contributed by atoms with E-state index in [2.05, 4.69) is 72.0 Å². The van der Waals surface area contributed by atoms with Crippen LogP contribution in [0.2, 0.25) is 0 Å². The van der Waals surface area contributed by atoms with Crippen LogP contribution in [0.25, 0.3) is 0 Å². The van der Waals surface area contributed by atoms with Crippen molar-refractivity contribution in [3.63, 3.8) is 0 Å². The fraction of sp³-hybridized carbons (Fsp3) is 0.587. The minimum Gasteiger partial charge on any atom is -0.369 e. The van der Waals surface area contributed by atoms with Crippen molar-refractivity contribution in [3.8, 4) is 48.4 Å². The number of rotatable bonds is 30. The summed E-state index contributed by atoms with van der Waals surface area (Å²) in [5.74, 6) is 16.0. The van der Waals surface area contributed by atoms with E-state index in [9.17, 15) is 9.90 Å². The van der Waals surface area contributed by atoms with E-state index in [4.69, 9.17) is 12.8 Å². The van der Waals surface area contributed by atoms with Crippen LogP contribution in [0.1, 0.15) is 167 Å². The first-order chi connectivity index (χ1) is 23.7. The summed E-state index contributed by atoms with van der Waals surface area (Å²) in [5.41, 5.74) is 0. The number of aliphatic hydroxyl groups excluding tert-OH is 1. The molecule has 0 aliphatic rings. The summed E-state index contributed by atoms with van der Waals surface area (Å²) >= 11 is 0. The summed E-state index contributed by atoms with van der Waals surface area (Å²) in [6.07, 6.45) is 61.1. The second-order valence-electron chi connectivity index (χ2n) is 12.5. The highest BCUT2D eigenvalue weighted by Crippen LogP contribution is 2.13. The molecule has 0 amide bonds. The maximum atomic E-state index is 11.0. The molecule has 0 aliphatic heterocycles. The zero-order valence-corrected chi connectivity index (χ0v) is 30.2. The summed E-state index contributed by atoms with van der Waals surface area (Å²) in [5, 5.41) is 9.93. The lowest BCUT2D eigenvalue weighted by Gasteiger charge is -2.02. The van der Waals surface area contributed by atoms with Crippen LogP contribution < -0.4 is 0 Å². The first-order valence-electron chi connectivity index (χ1n) is 19.1. The minimum atomic E-state index is -0.871. The molecular formula is C46H66O2. The van der Waals surface area contributed by atoms with Gasteiger partial charge in [0.25, 0.3) is 0 Å². The zero-order valence-electron chi connectivity index (χ0n) is 30.2. The van der Waals surface area contributed by atoms with Crippen LogP contribution in [-0.2, 0) is 4.79 Å². The van der Waals surface area contributed by atoms with Crippen LogP contribution in [-0.4, -0.2) is 17.0 Å². The second kappa shape index (κ2) is 39.7. The van der Waals surface area contributed by atoms with E-state index >= 15 is 0 Å². The molecule has 0 heterocycles. The van der Waals surface area contributed by atoms with E-state index < -0.39 is 6.10 Å². The first-order valence-corrected chi connectivity index (χ1v) is 19.1. The van der Waals surface area contributed by atoms with Gasteiger partial charge in [-0.3, -0.25) is 4.79 Å². The minimum absolute atomic E-state index is 0.250. The fourth-order valence-corrected chi connectivity index (χ4v) is 5.17. The van der Waals surface area contributed by atoms with Crippen LogP contribution >= 0.6 is 0 Å². The van der Waals surface area contributed by atoms with Gasteiger partial charge in [-0.15, -0.1) is 12.8 Å². The second-order valence-corrected chi connectivity index (χ2v) is 12.5. The predicted octanol–water partition coefficient (Wildman–Crippen LogP) is 12.1. The summed E-state index contributed by atoms with van der Waals surface area (Å²) in [4.78, 5) is 11.0. The lowest BCUT2D eigenvalue weighted by atomic mass is 10.0. The SMILES string of the molecule is C#C/C=C\CCCCCCCCCCCCCC/C=C\CC/C=C/C#C[C@H](O)C#CCCCC/C=C\CCCCCC/C=C/C(=O)C#C. The van der Waals surface area contributed by atoms with Crippen LogP contribution in [0.15, 0.2) is 60.8 Å². The molecule has 1 N–H and O–H groups in total. The summed E-state index contributed by atoms with van der Waals surface area (Å²) < 4.78 is 0. The molecule has 2 nitrogen and oxygen atoms in total. The average molecular weight is 651 g/mol. The van der Waals surface area contributed by atoms with Crippen molar-refractivity contribution in [2.24, 2.45) is 0 Å². The number of carbonyl (C=O) groups excluding carboxylic acids is 1. The van der Waals surface area contributed by atoms with Gasteiger partial charge in [-0.05, 0) is 108 Å². The van der Waals surface area contributed by atoms with Crippen LogP contribution in [0, 0.1) is 48.4 Å². The van der Waals surface area contributed by atoms with Crippen molar-refractivity contribution in [1.29, 1.82) is 0 Å². The largest absolute Gasteiger partial charge is 0.369 e. The third-order valence-corrected chi connectivity index (χ3v) is 8.02. The highest BCUT2D eigenvalue weighted by Gasteiger charge is 1.94. The van der Waals surface area contributed by atoms with Gasteiger partial charge in [-0.25, -0.2) is 0 Å². The maximum Gasteiger partial charge on any atom is 0.228 e. The fourth-order valence-electron chi connectivity index (χ4n) is 5.17.